The van der Waals surface area contributed by atoms with Crippen molar-refractivity contribution in [2.24, 2.45) is 12.5 Å². The number of hydrogen-bond acceptors (Lipinski definition) is 3. The lowest BCUT2D eigenvalue weighted by atomic mass is 9.86. The third-order valence-electron chi connectivity index (χ3n) is 3.10. The second kappa shape index (κ2) is 5.65. The zero-order valence-electron chi connectivity index (χ0n) is 12.0. The summed E-state index contributed by atoms with van der Waals surface area (Å²) in [6.07, 6.45) is 4.00. The molecule has 1 aromatic rings. The quantitative estimate of drug-likeness (QED) is 0.843. The molecule has 0 amide bonds. The van der Waals surface area contributed by atoms with Crippen LogP contribution in [0.2, 0.25) is 0 Å². The van der Waals surface area contributed by atoms with Gasteiger partial charge in [-0.2, -0.15) is 5.10 Å². The fraction of sp³-hybridized carbons (Fsp3) is 0.769. The van der Waals surface area contributed by atoms with Crippen molar-refractivity contribution in [1.82, 2.24) is 20.0 Å². The van der Waals surface area contributed by atoms with E-state index in [0.29, 0.717) is 6.04 Å². The smallest absolute Gasteiger partial charge is 0.0534 e. The van der Waals surface area contributed by atoms with Crippen molar-refractivity contribution in [1.29, 1.82) is 0 Å². The lowest BCUT2D eigenvalue weighted by Crippen LogP contribution is -2.45. The lowest BCUT2D eigenvalue weighted by molar-refractivity contribution is 0.198. The molecule has 0 saturated carbocycles. The van der Waals surface area contributed by atoms with Crippen LogP contribution in [0.3, 0.4) is 0 Å². The number of nitrogens with zero attached hydrogens (tertiary/aromatic N) is 3. The topological polar surface area (TPSA) is 33.1 Å². The van der Waals surface area contributed by atoms with Crippen LogP contribution < -0.4 is 5.32 Å². The molecule has 0 fully saturated rings. The van der Waals surface area contributed by atoms with Gasteiger partial charge in [0.2, 0.25) is 0 Å². The number of aromatic nitrogens is 2. The molecule has 1 rings (SSSR count). The van der Waals surface area contributed by atoms with Crippen LogP contribution in [0, 0.1) is 5.41 Å². The molecular formula is C13H26N4. The Morgan fingerprint density at radius 1 is 1.47 bits per heavy atom. The summed E-state index contributed by atoms with van der Waals surface area (Å²) >= 11 is 0. The van der Waals surface area contributed by atoms with E-state index in [9.17, 15) is 0 Å². The van der Waals surface area contributed by atoms with Gasteiger partial charge in [0.1, 0.15) is 0 Å². The molecule has 1 aromatic heterocycles. The molecular weight excluding hydrogens is 212 g/mol. The molecule has 1 heterocycles. The molecule has 1 N–H and O–H groups in total. The first kappa shape index (κ1) is 14.2. The SMILES string of the molecule is CNC(CN(C)Cc1cnn(C)c1)C(C)(C)C. The second-order valence-corrected chi connectivity index (χ2v) is 5.93. The minimum Gasteiger partial charge on any atom is -0.315 e. The van der Waals surface area contributed by atoms with E-state index in [1.54, 1.807) is 0 Å². The van der Waals surface area contributed by atoms with Crippen molar-refractivity contribution in [3.05, 3.63) is 18.0 Å². The van der Waals surface area contributed by atoms with Gasteiger partial charge in [0, 0.05) is 37.9 Å². The minimum absolute atomic E-state index is 0.276. The summed E-state index contributed by atoms with van der Waals surface area (Å²) in [5, 5.41) is 7.59. The van der Waals surface area contributed by atoms with Gasteiger partial charge >= 0.3 is 0 Å². The Hall–Kier alpha value is -0.870. The van der Waals surface area contributed by atoms with Crippen molar-refractivity contribution < 1.29 is 0 Å². The van der Waals surface area contributed by atoms with Crippen LogP contribution in [0.25, 0.3) is 0 Å². The van der Waals surface area contributed by atoms with Gasteiger partial charge < -0.3 is 10.2 Å². The Balaban J connectivity index is 2.51. The summed E-state index contributed by atoms with van der Waals surface area (Å²) in [6.45, 7) is 8.79. The standard InChI is InChI=1S/C13H26N4/c1-13(2,3)12(14-4)10-16(5)8-11-7-15-17(6)9-11/h7,9,12,14H,8,10H2,1-6H3. The van der Waals surface area contributed by atoms with Crippen LogP contribution in [0.15, 0.2) is 12.4 Å². The predicted octanol–water partition coefficient (Wildman–Crippen LogP) is 1.49. The summed E-state index contributed by atoms with van der Waals surface area (Å²) in [5.74, 6) is 0. The van der Waals surface area contributed by atoms with Crippen LogP contribution in [0.4, 0.5) is 0 Å². The minimum atomic E-state index is 0.276. The van der Waals surface area contributed by atoms with Crippen molar-refractivity contribution in [2.75, 3.05) is 20.6 Å². The fourth-order valence-electron chi connectivity index (χ4n) is 2.04. The molecule has 4 nitrogen and oxygen atoms in total. The number of nitrogens with one attached hydrogen (secondary N) is 1. The van der Waals surface area contributed by atoms with E-state index in [4.69, 9.17) is 0 Å². The Labute approximate surface area is 105 Å². The van der Waals surface area contributed by atoms with Gasteiger partial charge in [0.05, 0.1) is 6.20 Å². The highest BCUT2D eigenvalue weighted by Gasteiger charge is 2.24. The van der Waals surface area contributed by atoms with Gasteiger partial charge in [-0.1, -0.05) is 20.8 Å². The Morgan fingerprint density at radius 2 is 2.12 bits per heavy atom. The van der Waals surface area contributed by atoms with E-state index in [-0.39, 0.29) is 5.41 Å². The average Bonchev–Trinajstić information content (AvgIpc) is 2.58. The zero-order valence-corrected chi connectivity index (χ0v) is 12.0. The Morgan fingerprint density at radius 3 is 2.53 bits per heavy atom. The fourth-order valence-corrected chi connectivity index (χ4v) is 2.04. The first-order chi connectivity index (χ1) is 7.82. The van der Waals surface area contributed by atoms with E-state index >= 15 is 0 Å². The summed E-state index contributed by atoms with van der Waals surface area (Å²) < 4.78 is 1.85. The van der Waals surface area contributed by atoms with Gasteiger partial charge in [-0.25, -0.2) is 0 Å². The summed E-state index contributed by atoms with van der Waals surface area (Å²) in [5.41, 5.74) is 1.54. The molecule has 0 radical (unpaired) electrons. The molecule has 0 aliphatic rings. The third-order valence-corrected chi connectivity index (χ3v) is 3.10. The van der Waals surface area contributed by atoms with Gasteiger partial charge in [-0.15, -0.1) is 0 Å². The molecule has 0 saturated heterocycles. The second-order valence-electron chi connectivity index (χ2n) is 5.93. The van der Waals surface area contributed by atoms with Crippen LogP contribution >= 0.6 is 0 Å². The van der Waals surface area contributed by atoms with E-state index in [1.807, 2.05) is 25.0 Å². The first-order valence-corrected chi connectivity index (χ1v) is 6.16. The molecule has 98 valence electrons. The molecule has 1 atom stereocenters. The maximum atomic E-state index is 4.19. The van der Waals surface area contributed by atoms with Crippen LogP contribution in [-0.2, 0) is 13.6 Å². The van der Waals surface area contributed by atoms with Crippen LogP contribution in [0.5, 0.6) is 0 Å². The largest absolute Gasteiger partial charge is 0.315 e. The first-order valence-electron chi connectivity index (χ1n) is 6.16. The average molecular weight is 238 g/mol. The molecule has 0 aliphatic carbocycles. The summed E-state index contributed by atoms with van der Waals surface area (Å²) in [7, 11) is 6.14. The monoisotopic (exact) mass is 238 g/mol. The van der Waals surface area contributed by atoms with Crippen molar-refractivity contribution in [3.8, 4) is 0 Å². The van der Waals surface area contributed by atoms with Gasteiger partial charge in [-0.3, -0.25) is 4.68 Å². The van der Waals surface area contributed by atoms with Crippen LogP contribution in [-0.4, -0.2) is 41.4 Å². The lowest BCUT2D eigenvalue weighted by Gasteiger charge is -2.33. The van der Waals surface area contributed by atoms with Gasteiger partial charge in [0.25, 0.3) is 0 Å². The molecule has 0 bridgehead atoms. The summed E-state index contributed by atoms with van der Waals surface area (Å²) in [4.78, 5) is 2.34. The molecule has 0 aliphatic heterocycles. The maximum Gasteiger partial charge on any atom is 0.0534 e. The molecule has 1 unspecified atom stereocenters. The molecule has 17 heavy (non-hydrogen) atoms. The Kier molecular flexibility index (Phi) is 4.71. The Bertz CT molecular complexity index is 337. The van der Waals surface area contributed by atoms with E-state index in [0.717, 1.165) is 13.1 Å². The number of likely N-dealkylation sites (N-methyl/N-ethyl adjacent to an activating group) is 2. The van der Waals surface area contributed by atoms with E-state index < -0.39 is 0 Å². The molecule has 0 spiro atoms. The predicted molar refractivity (Wildman–Crippen MR) is 71.8 cm³/mol. The van der Waals surface area contributed by atoms with Crippen molar-refractivity contribution in [3.63, 3.8) is 0 Å². The number of aryl methyl sites for hydroxylation is 1. The highest BCUT2D eigenvalue weighted by atomic mass is 15.2. The zero-order chi connectivity index (χ0) is 13.1. The van der Waals surface area contributed by atoms with Crippen LogP contribution in [0.1, 0.15) is 26.3 Å². The highest BCUT2D eigenvalue weighted by molar-refractivity contribution is 5.03. The van der Waals surface area contributed by atoms with Crippen molar-refractivity contribution in [2.45, 2.75) is 33.4 Å². The number of rotatable bonds is 5. The summed E-state index contributed by atoms with van der Waals surface area (Å²) in [6, 6.07) is 0.490. The normalized spacial score (nSPS) is 14.3. The van der Waals surface area contributed by atoms with Gasteiger partial charge in [-0.05, 0) is 19.5 Å². The van der Waals surface area contributed by atoms with Gasteiger partial charge in [0.15, 0.2) is 0 Å². The van der Waals surface area contributed by atoms with E-state index in [1.165, 1.54) is 5.56 Å². The molecule has 4 heteroatoms. The maximum absolute atomic E-state index is 4.19. The van der Waals surface area contributed by atoms with Crippen molar-refractivity contribution >= 4 is 0 Å². The number of hydrogen-bond donors (Lipinski definition) is 1. The van der Waals surface area contributed by atoms with E-state index in [2.05, 4.69) is 49.3 Å². The third kappa shape index (κ3) is 4.48. The highest BCUT2D eigenvalue weighted by Crippen LogP contribution is 2.19. The molecule has 0 aromatic carbocycles.